The molecule has 1 saturated carbocycles. The number of hydrogen-bond acceptors (Lipinski definition) is 7. The van der Waals surface area contributed by atoms with Gasteiger partial charge in [-0.25, -0.2) is 21.8 Å². The molecule has 2 heterocycles. The summed E-state index contributed by atoms with van der Waals surface area (Å²) in [5.74, 6) is -1.51. The van der Waals surface area contributed by atoms with Crippen LogP contribution in [0.25, 0.3) is 5.69 Å². The lowest BCUT2D eigenvalue weighted by molar-refractivity contribution is -0.143. The van der Waals surface area contributed by atoms with Gasteiger partial charge in [0.05, 0.1) is 18.5 Å². The molecule has 0 unspecified atom stereocenters. The summed E-state index contributed by atoms with van der Waals surface area (Å²) in [5, 5.41) is 10.5. The van der Waals surface area contributed by atoms with Crippen LogP contribution < -0.4 is 10.6 Å². The van der Waals surface area contributed by atoms with Gasteiger partial charge in [-0.15, -0.1) is 0 Å². The van der Waals surface area contributed by atoms with Crippen LogP contribution in [0, 0.1) is 5.82 Å². The number of nitrogens with zero attached hydrogens (tertiary/aromatic N) is 4. The molecule has 1 aromatic heterocycles. The first-order valence-corrected chi connectivity index (χ1v) is 15.6. The predicted octanol–water partition coefficient (Wildman–Crippen LogP) is 1.67. The highest BCUT2D eigenvalue weighted by Crippen LogP contribution is 2.40. The highest BCUT2D eigenvalue weighted by molar-refractivity contribution is 7.88. The van der Waals surface area contributed by atoms with Gasteiger partial charge in [-0.3, -0.25) is 14.4 Å². The van der Waals surface area contributed by atoms with E-state index in [0.717, 1.165) is 28.2 Å². The number of carbonyl (C=O) groups is 3. The summed E-state index contributed by atoms with van der Waals surface area (Å²) in [7, 11) is -3.72. The molecule has 0 bridgehead atoms. The highest BCUT2D eigenvalue weighted by atomic mass is 32.2. The third-order valence-electron chi connectivity index (χ3n) is 7.56. The van der Waals surface area contributed by atoms with Gasteiger partial charge in [0.25, 0.3) is 11.8 Å². The number of carbonyl (C=O) groups excluding carboxylic acids is 3. The van der Waals surface area contributed by atoms with Crippen LogP contribution >= 0.6 is 0 Å². The number of piperazine rings is 1. The average molecular weight is 597 g/mol. The Morgan fingerprint density at radius 3 is 2.48 bits per heavy atom. The maximum atomic E-state index is 13.5. The first-order valence-electron chi connectivity index (χ1n) is 13.8. The van der Waals surface area contributed by atoms with E-state index in [1.54, 1.807) is 59.5 Å². The monoisotopic (exact) mass is 596 g/mol. The molecule has 2 aromatic carbocycles. The molecule has 13 heteroatoms. The van der Waals surface area contributed by atoms with Crippen LogP contribution in [0.15, 0.2) is 67.0 Å². The van der Waals surface area contributed by atoms with Crippen molar-refractivity contribution >= 4 is 27.7 Å². The summed E-state index contributed by atoms with van der Waals surface area (Å²) in [6, 6.07) is 14.4. The molecule has 1 saturated heterocycles. The lowest BCUT2D eigenvalue weighted by Crippen LogP contribution is -2.58. The third-order valence-corrected chi connectivity index (χ3v) is 8.74. The molecule has 222 valence electrons. The van der Waals surface area contributed by atoms with Crippen LogP contribution in [-0.4, -0.2) is 89.6 Å². The van der Waals surface area contributed by atoms with Crippen LogP contribution in [0.5, 0.6) is 0 Å². The number of sulfonamides is 1. The number of aromatic nitrogens is 2. The number of amides is 3. The fourth-order valence-electron chi connectivity index (χ4n) is 5.20. The van der Waals surface area contributed by atoms with Crippen molar-refractivity contribution in [2.45, 2.75) is 37.3 Å². The maximum Gasteiger partial charge on any atom is 0.255 e. The van der Waals surface area contributed by atoms with Crippen molar-refractivity contribution in [2.24, 2.45) is 0 Å². The van der Waals surface area contributed by atoms with Crippen LogP contribution in [0.3, 0.4) is 0 Å². The van der Waals surface area contributed by atoms with Gasteiger partial charge < -0.3 is 15.5 Å². The van der Waals surface area contributed by atoms with E-state index in [1.807, 2.05) is 0 Å². The van der Waals surface area contributed by atoms with Crippen LogP contribution in [-0.2, 0) is 19.6 Å². The zero-order chi connectivity index (χ0) is 29.9. The molecule has 3 atom stereocenters. The molecule has 1 aliphatic heterocycles. The summed E-state index contributed by atoms with van der Waals surface area (Å²) < 4.78 is 39.4. The Hall–Kier alpha value is -4.10. The summed E-state index contributed by atoms with van der Waals surface area (Å²) >= 11 is 0. The minimum Gasteiger partial charge on any atom is -0.340 e. The third kappa shape index (κ3) is 7.02. The maximum absolute atomic E-state index is 13.5. The highest BCUT2D eigenvalue weighted by Gasteiger charge is 2.38. The van der Waals surface area contributed by atoms with E-state index in [1.165, 1.54) is 17.0 Å². The van der Waals surface area contributed by atoms with E-state index in [9.17, 15) is 27.2 Å². The molecule has 2 N–H and O–H groups in total. The van der Waals surface area contributed by atoms with Gasteiger partial charge in [0.2, 0.25) is 15.9 Å². The predicted molar refractivity (Wildman–Crippen MR) is 153 cm³/mol. The smallest absolute Gasteiger partial charge is 0.255 e. The number of hydrogen-bond donors (Lipinski definition) is 2. The molecule has 11 nitrogen and oxygen atoms in total. The summed E-state index contributed by atoms with van der Waals surface area (Å²) in [6.45, 7) is 0.132. The van der Waals surface area contributed by atoms with Crippen LogP contribution in [0.2, 0.25) is 0 Å². The summed E-state index contributed by atoms with van der Waals surface area (Å²) in [4.78, 5) is 40.5. The fourth-order valence-corrected chi connectivity index (χ4v) is 6.04. The van der Waals surface area contributed by atoms with Gasteiger partial charge in [-0.2, -0.15) is 5.10 Å². The van der Waals surface area contributed by atoms with Crippen LogP contribution in [0.4, 0.5) is 4.39 Å². The molecule has 1 aliphatic carbocycles. The van der Waals surface area contributed by atoms with Gasteiger partial charge in [-0.05, 0) is 73.8 Å². The second-order valence-corrected chi connectivity index (χ2v) is 12.5. The van der Waals surface area contributed by atoms with E-state index >= 15 is 0 Å². The molecular formula is C29H33FN6O5S. The molecule has 5 rings (SSSR count). The number of rotatable bonds is 11. The largest absolute Gasteiger partial charge is 0.340 e. The van der Waals surface area contributed by atoms with Gasteiger partial charge in [0.1, 0.15) is 18.4 Å². The zero-order valence-corrected chi connectivity index (χ0v) is 24.0. The van der Waals surface area contributed by atoms with Crippen molar-refractivity contribution in [2.75, 3.05) is 32.4 Å². The van der Waals surface area contributed by atoms with Crippen molar-refractivity contribution < 1.29 is 27.2 Å². The minimum atomic E-state index is -3.72. The van der Waals surface area contributed by atoms with Crippen molar-refractivity contribution in [3.63, 3.8) is 0 Å². The summed E-state index contributed by atoms with van der Waals surface area (Å²) in [5.41, 5.74) is 2.21. The van der Waals surface area contributed by atoms with Crippen molar-refractivity contribution in [1.29, 1.82) is 0 Å². The molecule has 0 spiro atoms. The average Bonchev–Trinajstić information content (AvgIpc) is 3.52. The Kier molecular flexibility index (Phi) is 8.69. The van der Waals surface area contributed by atoms with Gasteiger partial charge >= 0.3 is 0 Å². The molecule has 3 aromatic rings. The lowest BCUT2D eigenvalue weighted by atomic mass is 10.1. The zero-order valence-electron chi connectivity index (χ0n) is 23.1. The number of halogens is 1. The molecule has 2 fully saturated rings. The van der Waals surface area contributed by atoms with Gasteiger partial charge in [0, 0.05) is 36.5 Å². The van der Waals surface area contributed by atoms with Gasteiger partial charge in [0.15, 0.2) is 0 Å². The van der Waals surface area contributed by atoms with E-state index in [0.29, 0.717) is 30.9 Å². The number of benzene rings is 2. The van der Waals surface area contributed by atoms with Gasteiger partial charge in [-0.1, -0.05) is 12.1 Å². The van der Waals surface area contributed by atoms with Crippen molar-refractivity contribution in [3.05, 3.63) is 83.9 Å². The van der Waals surface area contributed by atoms with E-state index < -0.39 is 33.8 Å². The lowest BCUT2D eigenvalue weighted by Gasteiger charge is -2.35. The Labute approximate surface area is 243 Å². The topological polar surface area (TPSA) is 134 Å². The number of nitrogens with one attached hydrogen (secondary N) is 2. The summed E-state index contributed by atoms with van der Waals surface area (Å²) in [6.07, 6.45) is 6.21. The SMILES string of the molecule is CS(=O)(=O)N1CCN(C(=O)[C@H](CCCN[C@@H]2C[C@H]2c2ccc(F)cc2)NC(=O)c2ccc(-n3cccn3)cc2)CC1=O. The van der Waals surface area contributed by atoms with E-state index in [4.69, 9.17) is 0 Å². The first kappa shape index (κ1) is 29.4. The van der Waals surface area contributed by atoms with E-state index in [2.05, 4.69) is 15.7 Å². The fraction of sp³-hybridized carbons (Fsp3) is 0.379. The Morgan fingerprint density at radius 1 is 1.10 bits per heavy atom. The second-order valence-electron chi connectivity index (χ2n) is 10.6. The molecule has 0 radical (unpaired) electrons. The molecule has 42 heavy (non-hydrogen) atoms. The normalized spacial score (nSPS) is 19.4. The Balaban J connectivity index is 1.21. The Morgan fingerprint density at radius 2 is 1.83 bits per heavy atom. The molecular weight excluding hydrogens is 563 g/mol. The standard InChI is InChI=1S/C29H33FN6O5S/c1-42(40,41)36-17-16-34(19-27(36)37)29(39)25(4-2-13-31-26-18-24(26)20-5-9-22(30)10-6-20)33-28(38)21-7-11-23(12-8-21)35-15-3-14-32-35/h3,5-12,14-15,24-26,31H,2,4,13,16-19H2,1H3,(H,33,38)/t24-,25-,26+/m0/s1. The second kappa shape index (κ2) is 12.4. The first-order chi connectivity index (χ1) is 20.1. The van der Waals surface area contributed by atoms with Crippen molar-refractivity contribution in [1.82, 2.24) is 29.6 Å². The molecule has 2 aliphatic rings. The van der Waals surface area contributed by atoms with Crippen molar-refractivity contribution in [3.8, 4) is 5.69 Å². The minimum absolute atomic E-state index is 0.0439. The quantitative estimate of drug-likeness (QED) is 0.322. The van der Waals surface area contributed by atoms with E-state index in [-0.39, 0.29) is 31.5 Å². The molecule has 3 amide bonds. The van der Waals surface area contributed by atoms with Crippen LogP contribution in [0.1, 0.15) is 41.1 Å². The Bertz CT molecular complexity index is 1530.